The molecule has 2 saturated carbocycles. The molecule has 0 heterocycles. The van der Waals surface area contributed by atoms with Gasteiger partial charge in [-0.25, -0.2) is 0 Å². The van der Waals surface area contributed by atoms with Gasteiger partial charge >= 0.3 is 0 Å². The molecule has 2 N–H and O–H groups in total. The SMILES string of the molecule is Cc1ccc(NC(=O)C2CCC2)cc1NC(=O)C1CC1. The molecule has 0 spiro atoms. The van der Waals surface area contributed by atoms with Crippen molar-refractivity contribution in [2.24, 2.45) is 11.8 Å². The van der Waals surface area contributed by atoms with E-state index in [4.69, 9.17) is 0 Å². The number of hydrogen-bond donors (Lipinski definition) is 2. The number of aryl methyl sites for hydroxylation is 1. The van der Waals surface area contributed by atoms with E-state index in [1.165, 1.54) is 0 Å². The van der Waals surface area contributed by atoms with Gasteiger partial charge in [0.1, 0.15) is 0 Å². The molecule has 0 atom stereocenters. The maximum atomic E-state index is 11.9. The molecular weight excluding hydrogens is 252 g/mol. The van der Waals surface area contributed by atoms with Gasteiger partial charge in [0.25, 0.3) is 0 Å². The third-order valence-electron chi connectivity index (χ3n) is 4.19. The molecule has 2 amide bonds. The molecule has 0 bridgehead atoms. The molecule has 2 fully saturated rings. The Morgan fingerprint density at radius 1 is 1.00 bits per heavy atom. The highest BCUT2D eigenvalue weighted by atomic mass is 16.2. The van der Waals surface area contributed by atoms with Gasteiger partial charge < -0.3 is 10.6 Å². The molecule has 4 heteroatoms. The Morgan fingerprint density at radius 3 is 2.25 bits per heavy atom. The van der Waals surface area contributed by atoms with Crippen LogP contribution in [-0.4, -0.2) is 11.8 Å². The normalized spacial score (nSPS) is 18.2. The van der Waals surface area contributed by atoms with Crippen LogP contribution in [0.3, 0.4) is 0 Å². The minimum atomic E-state index is 0.0931. The highest BCUT2D eigenvalue weighted by molar-refractivity contribution is 5.97. The summed E-state index contributed by atoms with van der Waals surface area (Å²) in [5.41, 5.74) is 2.58. The third-order valence-corrected chi connectivity index (χ3v) is 4.19. The summed E-state index contributed by atoms with van der Waals surface area (Å²) in [6, 6.07) is 5.67. The quantitative estimate of drug-likeness (QED) is 0.885. The van der Waals surface area contributed by atoms with E-state index in [-0.39, 0.29) is 23.7 Å². The molecule has 1 aromatic rings. The minimum Gasteiger partial charge on any atom is -0.326 e. The van der Waals surface area contributed by atoms with E-state index in [2.05, 4.69) is 10.6 Å². The van der Waals surface area contributed by atoms with Crippen LogP contribution in [0.2, 0.25) is 0 Å². The molecule has 4 nitrogen and oxygen atoms in total. The molecule has 3 rings (SSSR count). The number of amides is 2. The van der Waals surface area contributed by atoms with E-state index in [1.807, 2.05) is 25.1 Å². The van der Waals surface area contributed by atoms with Crippen molar-refractivity contribution >= 4 is 23.2 Å². The molecule has 0 aliphatic heterocycles. The van der Waals surface area contributed by atoms with Gasteiger partial charge in [-0.05, 0) is 50.3 Å². The van der Waals surface area contributed by atoms with Crippen LogP contribution >= 0.6 is 0 Å². The summed E-state index contributed by atoms with van der Waals surface area (Å²) in [4.78, 5) is 23.8. The highest BCUT2D eigenvalue weighted by Crippen LogP contribution is 2.32. The monoisotopic (exact) mass is 272 g/mol. The minimum absolute atomic E-state index is 0.0931. The lowest BCUT2D eigenvalue weighted by Crippen LogP contribution is -2.28. The molecule has 0 aromatic heterocycles. The number of carbonyl (C=O) groups is 2. The van der Waals surface area contributed by atoms with Crippen molar-refractivity contribution in [2.45, 2.75) is 39.0 Å². The number of anilines is 2. The van der Waals surface area contributed by atoms with Crippen molar-refractivity contribution in [3.8, 4) is 0 Å². The van der Waals surface area contributed by atoms with Crippen LogP contribution in [0.4, 0.5) is 11.4 Å². The van der Waals surface area contributed by atoms with Gasteiger partial charge in [0.15, 0.2) is 0 Å². The average Bonchev–Trinajstić information content (AvgIpc) is 3.15. The van der Waals surface area contributed by atoms with Crippen molar-refractivity contribution < 1.29 is 9.59 Å². The molecule has 106 valence electrons. The summed E-state index contributed by atoms with van der Waals surface area (Å²) >= 11 is 0. The Labute approximate surface area is 118 Å². The second-order valence-corrected chi connectivity index (χ2v) is 5.91. The van der Waals surface area contributed by atoms with Crippen molar-refractivity contribution in [3.05, 3.63) is 23.8 Å². The number of hydrogen-bond acceptors (Lipinski definition) is 2. The van der Waals surface area contributed by atoms with Crippen molar-refractivity contribution in [3.63, 3.8) is 0 Å². The van der Waals surface area contributed by atoms with Crippen molar-refractivity contribution in [1.82, 2.24) is 0 Å². The Morgan fingerprint density at radius 2 is 1.65 bits per heavy atom. The first-order chi connectivity index (χ1) is 9.63. The van der Waals surface area contributed by atoms with E-state index < -0.39 is 0 Å². The fourth-order valence-electron chi connectivity index (χ4n) is 2.33. The molecular formula is C16H20N2O2. The fourth-order valence-corrected chi connectivity index (χ4v) is 2.33. The van der Waals surface area contributed by atoms with Gasteiger partial charge in [-0.3, -0.25) is 9.59 Å². The third kappa shape index (κ3) is 2.84. The van der Waals surface area contributed by atoms with E-state index in [0.29, 0.717) is 0 Å². The summed E-state index contributed by atoms with van der Waals surface area (Å²) in [5.74, 6) is 0.540. The second-order valence-electron chi connectivity index (χ2n) is 5.91. The molecule has 0 radical (unpaired) electrons. The molecule has 0 unspecified atom stereocenters. The van der Waals surface area contributed by atoms with Gasteiger partial charge in [-0.1, -0.05) is 12.5 Å². The van der Waals surface area contributed by atoms with Crippen molar-refractivity contribution in [1.29, 1.82) is 0 Å². The van der Waals surface area contributed by atoms with E-state index in [0.717, 1.165) is 49.0 Å². The Bertz CT molecular complexity index is 545. The topological polar surface area (TPSA) is 58.2 Å². The largest absolute Gasteiger partial charge is 0.326 e. The van der Waals surface area contributed by atoms with Crippen molar-refractivity contribution in [2.75, 3.05) is 10.6 Å². The zero-order chi connectivity index (χ0) is 14.1. The number of nitrogens with one attached hydrogen (secondary N) is 2. The summed E-state index contributed by atoms with van der Waals surface area (Å²) in [7, 11) is 0. The number of rotatable bonds is 4. The summed E-state index contributed by atoms with van der Waals surface area (Å²) in [5, 5.41) is 5.89. The zero-order valence-corrected chi connectivity index (χ0v) is 11.7. The lowest BCUT2D eigenvalue weighted by atomic mass is 9.85. The van der Waals surface area contributed by atoms with Crippen LogP contribution < -0.4 is 10.6 Å². The smallest absolute Gasteiger partial charge is 0.227 e. The van der Waals surface area contributed by atoms with E-state index >= 15 is 0 Å². The summed E-state index contributed by atoms with van der Waals surface area (Å²) < 4.78 is 0. The summed E-state index contributed by atoms with van der Waals surface area (Å²) in [6.07, 6.45) is 5.10. The van der Waals surface area contributed by atoms with E-state index in [9.17, 15) is 9.59 Å². The lowest BCUT2D eigenvalue weighted by molar-refractivity contribution is -0.122. The molecule has 0 saturated heterocycles. The van der Waals surface area contributed by atoms with E-state index in [1.54, 1.807) is 0 Å². The van der Waals surface area contributed by atoms with Crippen LogP contribution in [0.25, 0.3) is 0 Å². The number of benzene rings is 1. The Hall–Kier alpha value is -1.84. The first-order valence-electron chi connectivity index (χ1n) is 7.36. The fraction of sp³-hybridized carbons (Fsp3) is 0.500. The predicted octanol–water partition coefficient (Wildman–Crippen LogP) is 3.08. The zero-order valence-electron chi connectivity index (χ0n) is 11.7. The Kier molecular flexibility index (Phi) is 3.47. The maximum absolute atomic E-state index is 11.9. The molecule has 2 aliphatic carbocycles. The lowest BCUT2D eigenvalue weighted by Gasteiger charge is -2.24. The first kappa shape index (κ1) is 13.2. The van der Waals surface area contributed by atoms with Gasteiger partial charge in [-0.2, -0.15) is 0 Å². The maximum Gasteiger partial charge on any atom is 0.227 e. The first-order valence-corrected chi connectivity index (χ1v) is 7.36. The second kappa shape index (κ2) is 5.27. The average molecular weight is 272 g/mol. The van der Waals surface area contributed by atoms with Gasteiger partial charge in [0.05, 0.1) is 0 Å². The van der Waals surface area contributed by atoms with Crippen LogP contribution in [0.5, 0.6) is 0 Å². The molecule has 1 aromatic carbocycles. The van der Waals surface area contributed by atoms with Crippen LogP contribution in [0.15, 0.2) is 18.2 Å². The van der Waals surface area contributed by atoms with Gasteiger partial charge in [0, 0.05) is 23.2 Å². The highest BCUT2D eigenvalue weighted by Gasteiger charge is 2.30. The summed E-state index contributed by atoms with van der Waals surface area (Å²) in [6.45, 7) is 1.96. The van der Waals surface area contributed by atoms with Gasteiger partial charge in [-0.15, -0.1) is 0 Å². The van der Waals surface area contributed by atoms with Crippen LogP contribution in [0, 0.1) is 18.8 Å². The van der Waals surface area contributed by atoms with Gasteiger partial charge in [0.2, 0.25) is 11.8 Å². The predicted molar refractivity (Wildman–Crippen MR) is 78.5 cm³/mol. The standard InChI is InChI=1S/C16H20N2O2/c1-10-5-8-13(17-15(19)11-3-2-4-11)9-14(10)18-16(20)12-6-7-12/h5,8-9,11-12H,2-4,6-7H2,1H3,(H,17,19)(H,18,20). The van der Waals surface area contributed by atoms with Crippen LogP contribution in [-0.2, 0) is 9.59 Å². The molecule has 20 heavy (non-hydrogen) atoms. The van der Waals surface area contributed by atoms with Crippen LogP contribution in [0.1, 0.15) is 37.7 Å². The molecule has 2 aliphatic rings. The Balaban J connectivity index is 1.68. The number of carbonyl (C=O) groups excluding carboxylic acids is 2.